The van der Waals surface area contributed by atoms with Crippen LogP contribution in [0.15, 0.2) is 30.6 Å². The van der Waals surface area contributed by atoms with Crippen LogP contribution in [0.1, 0.15) is 26.3 Å². The molecule has 2 aromatic rings. The van der Waals surface area contributed by atoms with E-state index in [4.69, 9.17) is 17.0 Å². The maximum absolute atomic E-state index is 5.54. The zero-order chi connectivity index (χ0) is 17.8. The number of anilines is 1. The van der Waals surface area contributed by atoms with Gasteiger partial charge < -0.3 is 14.2 Å². The van der Waals surface area contributed by atoms with Crippen LogP contribution in [0, 0.1) is 4.77 Å². The molecule has 0 unspecified atom stereocenters. The van der Waals surface area contributed by atoms with Gasteiger partial charge in [0.2, 0.25) is 0 Å². The summed E-state index contributed by atoms with van der Waals surface area (Å²) in [4.78, 5) is 4.86. The van der Waals surface area contributed by atoms with Crippen LogP contribution in [0.5, 0.6) is 5.75 Å². The summed E-state index contributed by atoms with van der Waals surface area (Å²) in [6, 6.07) is 8.66. The number of hydrogen-bond acceptors (Lipinski definition) is 5. The highest BCUT2D eigenvalue weighted by Crippen LogP contribution is 2.20. The van der Waals surface area contributed by atoms with Crippen molar-refractivity contribution in [1.82, 2.24) is 19.2 Å². The van der Waals surface area contributed by atoms with E-state index in [0.717, 1.165) is 49.8 Å². The lowest BCUT2D eigenvalue weighted by molar-refractivity contribution is 0.219. The molecule has 0 spiro atoms. The molecule has 0 bridgehead atoms. The summed E-state index contributed by atoms with van der Waals surface area (Å²) in [7, 11) is 1.70. The molecular formula is C18H27N5OS. The lowest BCUT2D eigenvalue weighted by atomic mass is 10.2. The van der Waals surface area contributed by atoms with Crippen LogP contribution in [0.3, 0.4) is 0 Å². The molecule has 1 aliphatic rings. The second kappa shape index (κ2) is 8.01. The highest BCUT2D eigenvalue weighted by atomic mass is 32.1. The summed E-state index contributed by atoms with van der Waals surface area (Å²) in [5, 5.41) is 4.46. The van der Waals surface area contributed by atoms with E-state index in [-0.39, 0.29) is 0 Å². The predicted octanol–water partition coefficient (Wildman–Crippen LogP) is 3.17. The van der Waals surface area contributed by atoms with E-state index in [9.17, 15) is 0 Å². The van der Waals surface area contributed by atoms with E-state index < -0.39 is 0 Å². The van der Waals surface area contributed by atoms with E-state index >= 15 is 0 Å². The Morgan fingerprint density at radius 3 is 2.52 bits per heavy atom. The molecule has 0 aliphatic carbocycles. The van der Waals surface area contributed by atoms with Gasteiger partial charge in [0.1, 0.15) is 12.1 Å². The maximum atomic E-state index is 5.54. The third-order valence-electron chi connectivity index (χ3n) is 4.67. The lowest BCUT2D eigenvalue weighted by Crippen LogP contribution is -2.32. The highest BCUT2D eigenvalue weighted by molar-refractivity contribution is 7.71. The van der Waals surface area contributed by atoms with Gasteiger partial charge in [-0.1, -0.05) is 0 Å². The van der Waals surface area contributed by atoms with Gasteiger partial charge in [0.25, 0.3) is 0 Å². The minimum Gasteiger partial charge on any atom is -0.497 e. The van der Waals surface area contributed by atoms with Gasteiger partial charge in [-0.2, -0.15) is 5.10 Å². The number of benzene rings is 1. The molecule has 1 aromatic heterocycles. The first-order valence-corrected chi connectivity index (χ1v) is 9.24. The van der Waals surface area contributed by atoms with E-state index in [1.165, 1.54) is 5.69 Å². The largest absolute Gasteiger partial charge is 0.497 e. The molecule has 3 rings (SSSR count). The Bertz CT molecular complexity index is 737. The molecule has 0 radical (unpaired) electrons. The molecule has 1 aliphatic heterocycles. The summed E-state index contributed by atoms with van der Waals surface area (Å²) in [6.45, 7) is 9.14. The number of methoxy groups -OCH3 is 1. The molecule has 7 heteroatoms. The van der Waals surface area contributed by atoms with Crippen molar-refractivity contribution in [3.8, 4) is 5.75 Å². The van der Waals surface area contributed by atoms with E-state index in [1.807, 2.05) is 27.7 Å². The Morgan fingerprint density at radius 1 is 1.12 bits per heavy atom. The molecule has 0 saturated carbocycles. The van der Waals surface area contributed by atoms with Crippen molar-refractivity contribution in [3.05, 3.63) is 35.4 Å². The number of aromatic nitrogens is 3. The summed E-state index contributed by atoms with van der Waals surface area (Å²) in [5.41, 5.74) is 1.25. The Balaban J connectivity index is 1.62. The van der Waals surface area contributed by atoms with Gasteiger partial charge in [0.15, 0.2) is 4.77 Å². The second-order valence-electron chi connectivity index (χ2n) is 6.71. The Morgan fingerprint density at radius 2 is 1.88 bits per heavy atom. The average molecular weight is 362 g/mol. The third-order valence-corrected chi connectivity index (χ3v) is 5.10. The van der Waals surface area contributed by atoms with Crippen molar-refractivity contribution in [2.75, 3.05) is 38.2 Å². The van der Waals surface area contributed by atoms with E-state index in [0.29, 0.717) is 6.04 Å². The summed E-state index contributed by atoms with van der Waals surface area (Å²) in [6.07, 6.45) is 2.97. The smallest absolute Gasteiger partial charge is 0.199 e. The first kappa shape index (κ1) is 17.9. The predicted molar refractivity (Wildman–Crippen MR) is 103 cm³/mol. The summed E-state index contributed by atoms with van der Waals surface area (Å²) >= 11 is 5.54. The van der Waals surface area contributed by atoms with Gasteiger partial charge in [-0.05, 0) is 56.8 Å². The molecule has 0 amide bonds. The van der Waals surface area contributed by atoms with Crippen molar-refractivity contribution >= 4 is 17.9 Å². The minimum absolute atomic E-state index is 0.343. The lowest BCUT2D eigenvalue weighted by Gasteiger charge is -2.23. The topological polar surface area (TPSA) is 38.5 Å². The normalized spacial score (nSPS) is 16.2. The van der Waals surface area contributed by atoms with Crippen molar-refractivity contribution in [2.45, 2.75) is 33.0 Å². The second-order valence-corrected chi connectivity index (χ2v) is 7.08. The van der Waals surface area contributed by atoms with Gasteiger partial charge in [-0.15, -0.1) is 0 Å². The fourth-order valence-electron chi connectivity index (χ4n) is 3.15. The number of rotatable bonds is 5. The molecule has 6 nitrogen and oxygen atoms in total. The van der Waals surface area contributed by atoms with Crippen LogP contribution in [0.4, 0.5) is 5.69 Å². The molecule has 1 aromatic carbocycles. The van der Waals surface area contributed by atoms with Gasteiger partial charge in [0, 0.05) is 37.9 Å². The van der Waals surface area contributed by atoms with Crippen molar-refractivity contribution < 1.29 is 4.74 Å². The van der Waals surface area contributed by atoms with Crippen LogP contribution in [-0.4, -0.2) is 52.5 Å². The van der Waals surface area contributed by atoms with Gasteiger partial charge >= 0.3 is 0 Å². The zero-order valence-corrected chi connectivity index (χ0v) is 16.1. The molecule has 0 atom stereocenters. The van der Waals surface area contributed by atoms with E-state index in [1.54, 1.807) is 7.11 Å². The van der Waals surface area contributed by atoms with Crippen molar-refractivity contribution in [3.63, 3.8) is 0 Å². The molecular weight excluding hydrogens is 334 g/mol. The Labute approximate surface area is 154 Å². The Hall–Kier alpha value is -1.86. The molecule has 1 fully saturated rings. The molecule has 0 N–H and O–H groups in total. The monoisotopic (exact) mass is 361 g/mol. The van der Waals surface area contributed by atoms with Crippen LogP contribution in [-0.2, 0) is 6.67 Å². The van der Waals surface area contributed by atoms with E-state index in [2.05, 4.69) is 40.9 Å². The van der Waals surface area contributed by atoms with Crippen LogP contribution in [0.25, 0.3) is 0 Å². The van der Waals surface area contributed by atoms with Gasteiger partial charge in [0.05, 0.1) is 13.8 Å². The van der Waals surface area contributed by atoms with Crippen molar-refractivity contribution in [1.29, 1.82) is 0 Å². The zero-order valence-electron chi connectivity index (χ0n) is 15.3. The quantitative estimate of drug-likeness (QED) is 0.765. The highest BCUT2D eigenvalue weighted by Gasteiger charge is 2.16. The summed E-state index contributed by atoms with van der Waals surface area (Å²) in [5.74, 6) is 0.898. The van der Waals surface area contributed by atoms with Gasteiger partial charge in [-0.25, -0.2) is 4.68 Å². The standard InChI is InChI=1S/C18H27N5OS/c1-15(2)22-13-19-23(18(22)25)14-20-9-4-10-21(12-11-20)16-5-7-17(24-3)8-6-16/h5-8,13,15H,4,9-12,14H2,1-3H3. The number of hydrogen-bond donors (Lipinski definition) is 0. The fraction of sp³-hybridized carbons (Fsp3) is 0.556. The first-order valence-electron chi connectivity index (χ1n) is 8.84. The Kier molecular flexibility index (Phi) is 5.75. The first-order chi connectivity index (χ1) is 12.1. The minimum atomic E-state index is 0.343. The molecule has 25 heavy (non-hydrogen) atoms. The number of nitrogens with zero attached hydrogens (tertiary/aromatic N) is 5. The maximum Gasteiger partial charge on any atom is 0.199 e. The third kappa shape index (κ3) is 4.22. The fourth-order valence-corrected chi connectivity index (χ4v) is 3.52. The average Bonchev–Trinajstić information content (AvgIpc) is 2.83. The van der Waals surface area contributed by atoms with Crippen LogP contribution >= 0.6 is 12.2 Å². The van der Waals surface area contributed by atoms with Gasteiger partial charge in [-0.3, -0.25) is 4.90 Å². The number of ether oxygens (including phenoxy) is 1. The van der Waals surface area contributed by atoms with Crippen LogP contribution in [0.2, 0.25) is 0 Å². The SMILES string of the molecule is COc1ccc(N2CCCN(Cn3ncn(C(C)C)c3=S)CC2)cc1. The molecule has 1 saturated heterocycles. The molecule has 136 valence electrons. The summed E-state index contributed by atoms with van der Waals surface area (Å²) < 4.78 is 10.0. The molecule has 2 heterocycles. The van der Waals surface area contributed by atoms with Crippen molar-refractivity contribution in [2.24, 2.45) is 0 Å². The van der Waals surface area contributed by atoms with Crippen LogP contribution < -0.4 is 9.64 Å².